The molecule has 1 N–H and O–H groups in total. The van der Waals surface area contributed by atoms with Gasteiger partial charge >= 0.3 is 0 Å². The summed E-state index contributed by atoms with van der Waals surface area (Å²) in [6.07, 6.45) is -0.149. The van der Waals surface area contributed by atoms with E-state index >= 15 is 0 Å². The molecule has 0 amide bonds. The number of rotatable bonds is 3. The van der Waals surface area contributed by atoms with Crippen molar-refractivity contribution in [1.82, 2.24) is 14.8 Å². The number of aryl methyl sites for hydroxylation is 2. The van der Waals surface area contributed by atoms with Gasteiger partial charge in [-0.15, -0.1) is 0 Å². The van der Waals surface area contributed by atoms with Gasteiger partial charge in [0.25, 0.3) is 0 Å². The molecule has 2 aromatic rings. The van der Waals surface area contributed by atoms with Crippen LogP contribution in [0.1, 0.15) is 30.0 Å². The number of aromatic amines is 1. The molecule has 0 unspecified atom stereocenters. The van der Waals surface area contributed by atoms with E-state index in [-0.39, 0.29) is 6.10 Å². The first-order chi connectivity index (χ1) is 8.47. The second-order valence-corrected chi connectivity index (χ2v) is 4.92. The topological polar surface area (TPSA) is 42.8 Å². The van der Waals surface area contributed by atoms with Crippen LogP contribution in [0.5, 0.6) is 5.75 Å². The van der Waals surface area contributed by atoms with Crippen molar-refractivity contribution in [3.05, 3.63) is 39.9 Å². The van der Waals surface area contributed by atoms with Crippen LogP contribution in [0.2, 0.25) is 0 Å². The third-order valence-corrected chi connectivity index (χ3v) is 3.15. The van der Waals surface area contributed by atoms with E-state index < -0.39 is 0 Å². The summed E-state index contributed by atoms with van der Waals surface area (Å²) >= 11 is 5.09. The summed E-state index contributed by atoms with van der Waals surface area (Å²) in [6.45, 7) is 6.07. The molecule has 0 saturated heterocycles. The molecule has 96 valence electrons. The van der Waals surface area contributed by atoms with Crippen LogP contribution < -0.4 is 4.74 Å². The lowest BCUT2D eigenvalue weighted by Crippen LogP contribution is -2.09. The zero-order chi connectivity index (χ0) is 13.3. The Balaban J connectivity index is 2.23. The van der Waals surface area contributed by atoms with Crippen LogP contribution in [-0.4, -0.2) is 14.8 Å². The molecule has 18 heavy (non-hydrogen) atoms. The standard InChI is InChI=1S/C13H17N3OS/c1-8-5-9(2)7-11(6-8)17-10(3)12-14-15-13(18)16(12)4/h5-7,10H,1-4H3,(H,15,18)/t10-/m0/s1. The Morgan fingerprint density at radius 1 is 1.28 bits per heavy atom. The maximum atomic E-state index is 5.91. The number of hydrogen-bond donors (Lipinski definition) is 1. The van der Waals surface area contributed by atoms with E-state index in [2.05, 4.69) is 30.1 Å². The number of nitrogens with zero attached hydrogens (tertiary/aromatic N) is 2. The molecule has 1 aromatic carbocycles. The molecular weight excluding hydrogens is 246 g/mol. The fourth-order valence-electron chi connectivity index (χ4n) is 1.98. The number of nitrogens with one attached hydrogen (secondary N) is 1. The van der Waals surface area contributed by atoms with Crippen LogP contribution in [0.4, 0.5) is 0 Å². The second kappa shape index (κ2) is 4.94. The molecule has 1 heterocycles. The molecule has 5 heteroatoms. The Kier molecular flexibility index (Phi) is 3.52. The van der Waals surface area contributed by atoms with Crippen molar-refractivity contribution in [1.29, 1.82) is 0 Å². The molecule has 0 aliphatic carbocycles. The summed E-state index contributed by atoms with van der Waals surface area (Å²) in [4.78, 5) is 0. The third-order valence-electron chi connectivity index (χ3n) is 2.79. The van der Waals surface area contributed by atoms with Crippen molar-refractivity contribution in [2.45, 2.75) is 26.9 Å². The molecule has 0 aliphatic rings. The summed E-state index contributed by atoms with van der Waals surface area (Å²) in [7, 11) is 1.88. The van der Waals surface area contributed by atoms with Gasteiger partial charge in [-0.05, 0) is 56.2 Å². The number of H-pyrrole nitrogens is 1. The molecule has 0 fully saturated rings. The van der Waals surface area contributed by atoms with Gasteiger partial charge in [-0.3, -0.25) is 5.10 Å². The van der Waals surface area contributed by atoms with Gasteiger partial charge in [0.05, 0.1) is 0 Å². The Labute approximate surface area is 112 Å². The van der Waals surface area contributed by atoms with E-state index in [4.69, 9.17) is 17.0 Å². The smallest absolute Gasteiger partial charge is 0.195 e. The maximum absolute atomic E-state index is 5.91. The van der Waals surface area contributed by atoms with E-state index in [1.165, 1.54) is 11.1 Å². The highest BCUT2D eigenvalue weighted by molar-refractivity contribution is 7.71. The van der Waals surface area contributed by atoms with Gasteiger partial charge in [0.1, 0.15) is 5.75 Å². The predicted octanol–water partition coefficient (Wildman–Crippen LogP) is 3.23. The molecule has 0 bridgehead atoms. The fraction of sp³-hybridized carbons (Fsp3) is 0.385. The average Bonchev–Trinajstić information content (AvgIpc) is 2.58. The van der Waals surface area contributed by atoms with Crippen molar-refractivity contribution < 1.29 is 4.74 Å². The molecular formula is C13H17N3OS. The van der Waals surface area contributed by atoms with Crippen LogP contribution in [0.15, 0.2) is 18.2 Å². The summed E-state index contributed by atoms with van der Waals surface area (Å²) in [5, 5.41) is 6.94. The first kappa shape index (κ1) is 12.8. The SMILES string of the molecule is Cc1cc(C)cc(O[C@@H](C)c2n[nH]c(=S)n2C)c1. The monoisotopic (exact) mass is 263 g/mol. The lowest BCUT2D eigenvalue weighted by atomic mass is 10.1. The molecule has 0 spiro atoms. The van der Waals surface area contributed by atoms with Gasteiger partial charge in [-0.1, -0.05) is 6.07 Å². The third kappa shape index (κ3) is 2.61. The highest BCUT2D eigenvalue weighted by atomic mass is 32.1. The van der Waals surface area contributed by atoms with Gasteiger partial charge in [0.2, 0.25) is 0 Å². The number of benzene rings is 1. The summed E-state index contributed by atoms with van der Waals surface area (Å²) in [5.41, 5.74) is 2.38. The van der Waals surface area contributed by atoms with E-state index in [9.17, 15) is 0 Å². The first-order valence-corrected chi connectivity index (χ1v) is 6.24. The Hall–Kier alpha value is -1.62. The lowest BCUT2D eigenvalue weighted by Gasteiger charge is -2.14. The minimum absolute atomic E-state index is 0.149. The molecule has 2 rings (SSSR count). The summed E-state index contributed by atoms with van der Waals surface area (Å²) in [5.74, 6) is 1.65. The number of ether oxygens (including phenoxy) is 1. The maximum Gasteiger partial charge on any atom is 0.195 e. The van der Waals surface area contributed by atoms with E-state index in [0.29, 0.717) is 4.77 Å². The predicted molar refractivity (Wildman–Crippen MR) is 73.4 cm³/mol. The van der Waals surface area contributed by atoms with Gasteiger partial charge < -0.3 is 9.30 Å². The van der Waals surface area contributed by atoms with Crippen LogP contribution in [0.3, 0.4) is 0 Å². The second-order valence-electron chi connectivity index (χ2n) is 4.53. The Morgan fingerprint density at radius 2 is 1.89 bits per heavy atom. The quantitative estimate of drug-likeness (QED) is 0.864. The van der Waals surface area contributed by atoms with Crippen molar-refractivity contribution in [3.8, 4) is 5.75 Å². The average molecular weight is 263 g/mol. The highest BCUT2D eigenvalue weighted by Gasteiger charge is 2.13. The van der Waals surface area contributed by atoms with Crippen molar-refractivity contribution in [2.75, 3.05) is 0 Å². The van der Waals surface area contributed by atoms with Crippen molar-refractivity contribution in [2.24, 2.45) is 7.05 Å². The molecule has 0 saturated carbocycles. The Bertz CT molecular complexity index is 595. The van der Waals surface area contributed by atoms with Crippen LogP contribution >= 0.6 is 12.2 Å². The molecule has 1 atom stereocenters. The highest BCUT2D eigenvalue weighted by Crippen LogP contribution is 2.22. The van der Waals surface area contributed by atoms with E-state index in [1.807, 2.05) is 30.7 Å². The van der Waals surface area contributed by atoms with Gasteiger partial charge in [0.15, 0.2) is 16.7 Å². The normalized spacial score (nSPS) is 12.4. The molecule has 1 aromatic heterocycles. The minimum atomic E-state index is -0.149. The van der Waals surface area contributed by atoms with Gasteiger partial charge in [-0.2, -0.15) is 5.10 Å². The summed E-state index contributed by atoms with van der Waals surface area (Å²) < 4.78 is 8.33. The van der Waals surface area contributed by atoms with Crippen molar-refractivity contribution >= 4 is 12.2 Å². The van der Waals surface area contributed by atoms with Crippen LogP contribution in [-0.2, 0) is 7.05 Å². The van der Waals surface area contributed by atoms with E-state index in [1.54, 1.807) is 0 Å². The largest absolute Gasteiger partial charge is 0.483 e. The summed E-state index contributed by atoms with van der Waals surface area (Å²) in [6, 6.07) is 6.16. The molecule has 4 nitrogen and oxygen atoms in total. The van der Waals surface area contributed by atoms with Crippen LogP contribution in [0, 0.1) is 18.6 Å². The molecule has 0 radical (unpaired) electrons. The fourth-order valence-corrected chi connectivity index (χ4v) is 2.12. The number of hydrogen-bond acceptors (Lipinski definition) is 3. The van der Waals surface area contributed by atoms with E-state index in [0.717, 1.165) is 11.6 Å². The lowest BCUT2D eigenvalue weighted by molar-refractivity contribution is 0.212. The molecule has 0 aliphatic heterocycles. The zero-order valence-electron chi connectivity index (χ0n) is 11.0. The van der Waals surface area contributed by atoms with Crippen LogP contribution in [0.25, 0.3) is 0 Å². The minimum Gasteiger partial charge on any atom is -0.483 e. The first-order valence-electron chi connectivity index (χ1n) is 5.83. The van der Waals surface area contributed by atoms with Gasteiger partial charge in [-0.25, -0.2) is 0 Å². The zero-order valence-corrected chi connectivity index (χ0v) is 11.8. The van der Waals surface area contributed by atoms with Crippen molar-refractivity contribution in [3.63, 3.8) is 0 Å². The number of aromatic nitrogens is 3. The Morgan fingerprint density at radius 3 is 2.39 bits per heavy atom. The van der Waals surface area contributed by atoms with Gasteiger partial charge in [0, 0.05) is 7.05 Å².